The van der Waals surface area contributed by atoms with E-state index >= 15 is 0 Å². The fourth-order valence-electron chi connectivity index (χ4n) is 2.09. The first-order valence-corrected chi connectivity index (χ1v) is 6.16. The molecule has 0 saturated carbocycles. The molecule has 2 aromatic carbocycles. The number of benzene rings is 2. The van der Waals surface area contributed by atoms with Crippen molar-refractivity contribution in [3.05, 3.63) is 65.5 Å². The van der Waals surface area contributed by atoms with Crippen molar-refractivity contribution in [3.63, 3.8) is 0 Å². The minimum absolute atomic E-state index is 0.0185. The molecule has 1 aliphatic heterocycles. The van der Waals surface area contributed by atoms with E-state index in [9.17, 15) is 18.0 Å². The van der Waals surface area contributed by atoms with Gasteiger partial charge in [-0.25, -0.2) is 13.2 Å². The summed E-state index contributed by atoms with van der Waals surface area (Å²) in [7, 11) is 0. The third-order valence-electron chi connectivity index (χ3n) is 3.10. The summed E-state index contributed by atoms with van der Waals surface area (Å²) in [5.41, 5.74) is 1.10. The molecule has 6 heteroatoms. The molecule has 0 unspecified atom stereocenters. The predicted molar refractivity (Wildman–Crippen MR) is 71.4 cm³/mol. The smallest absolute Gasteiger partial charge is 0.253 e. The summed E-state index contributed by atoms with van der Waals surface area (Å²) in [4.78, 5) is 11.9. The van der Waals surface area contributed by atoms with Gasteiger partial charge < -0.3 is 0 Å². The number of rotatable bonds is 2. The van der Waals surface area contributed by atoms with Gasteiger partial charge in [-0.2, -0.15) is 10.1 Å². The van der Waals surface area contributed by atoms with Crippen LogP contribution in [0.3, 0.4) is 0 Å². The standard InChI is InChI=1S/C15H9F3N2O/c16-11-6-10(7-12(17)15(11)18)20-14(21)8-13(19-20)9-4-2-1-3-5-9/h1-7H,8H2. The number of halogens is 3. The molecule has 0 spiro atoms. The van der Waals surface area contributed by atoms with Crippen LogP contribution in [-0.2, 0) is 4.79 Å². The zero-order valence-corrected chi connectivity index (χ0v) is 10.7. The Morgan fingerprint density at radius 2 is 1.62 bits per heavy atom. The van der Waals surface area contributed by atoms with Crippen LogP contribution in [0.2, 0.25) is 0 Å². The summed E-state index contributed by atoms with van der Waals surface area (Å²) in [6, 6.07) is 10.5. The normalized spacial score (nSPS) is 14.5. The highest BCUT2D eigenvalue weighted by Crippen LogP contribution is 2.26. The maximum Gasteiger partial charge on any atom is 0.253 e. The van der Waals surface area contributed by atoms with Gasteiger partial charge in [0.05, 0.1) is 17.8 Å². The average Bonchev–Trinajstić information content (AvgIpc) is 2.87. The Morgan fingerprint density at radius 1 is 1.00 bits per heavy atom. The quantitative estimate of drug-likeness (QED) is 0.781. The van der Waals surface area contributed by atoms with Crippen molar-refractivity contribution in [2.24, 2.45) is 5.10 Å². The highest BCUT2D eigenvalue weighted by atomic mass is 19.2. The maximum absolute atomic E-state index is 13.2. The Hall–Kier alpha value is -2.63. The van der Waals surface area contributed by atoms with Crippen LogP contribution in [0, 0.1) is 17.5 Å². The molecule has 0 bridgehead atoms. The number of carbonyl (C=O) groups is 1. The SMILES string of the molecule is O=C1CC(c2ccccc2)=NN1c1cc(F)c(F)c(F)c1. The first kappa shape index (κ1) is 13.4. The Balaban J connectivity index is 2.00. The van der Waals surface area contributed by atoms with Crippen molar-refractivity contribution in [1.29, 1.82) is 0 Å². The molecule has 0 radical (unpaired) electrons. The lowest BCUT2D eigenvalue weighted by Gasteiger charge is -2.12. The van der Waals surface area contributed by atoms with E-state index in [0.717, 1.165) is 22.7 Å². The Morgan fingerprint density at radius 3 is 2.24 bits per heavy atom. The van der Waals surface area contributed by atoms with Gasteiger partial charge in [0.2, 0.25) is 0 Å². The van der Waals surface area contributed by atoms with Crippen LogP contribution in [0.15, 0.2) is 47.6 Å². The van der Waals surface area contributed by atoms with E-state index in [0.29, 0.717) is 5.71 Å². The second kappa shape index (κ2) is 5.05. The molecule has 0 saturated heterocycles. The molecule has 0 N–H and O–H groups in total. The van der Waals surface area contributed by atoms with Gasteiger partial charge in [-0.05, 0) is 5.56 Å². The number of hydrogen-bond acceptors (Lipinski definition) is 2. The van der Waals surface area contributed by atoms with E-state index < -0.39 is 23.4 Å². The van der Waals surface area contributed by atoms with Gasteiger partial charge in [0.25, 0.3) is 5.91 Å². The molecule has 0 aliphatic carbocycles. The molecule has 3 rings (SSSR count). The number of anilines is 1. The molecule has 3 nitrogen and oxygen atoms in total. The molecule has 0 atom stereocenters. The van der Waals surface area contributed by atoms with Gasteiger partial charge in [-0.3, -0.25) is 4.79 Å². The van der Waals surface area contributed by atoms with E-state index in [-0.39, 0.29) is 12.1 Å². The van der Waals surface area contributed by atoms with Crippen LogP contribution in [0.4, 0.5) is 18.9 Å². The summed E-state index contributed by atoms with van der Waals surface area (Å²) in [6.45, 7) is 0. The summed E-state index contributed by atoms with van der Waals surface area (Å²) in [5, 5.41) is 4.95. The van der Waals surface area contributed by atoms with E-state index in [4.69, 9.17) is 0 Å². The third kappa shape index (κ3) is 2.40. The van der Waals surface area contributed by atoms with E-state index in [1.165, 1.54) is 0 Å². The van der Waals surface area contributed by atoms with Crippen LogP contribution in [-0.4, -0.2) is 11.6 Å². The van der Waals surface area contributed by atoms with Gasteiger partial charge in [-0.1, -0.05) is 30.3 Å². The minimum Gasteiger partial charge on any atom is -0.272 e. The Bertz CT molecular complexity index is 721. The summed E-state index contributed by atoms with van der Waals surface area (Å²) < 4.78 is 39.4. The zero-order valence-electron chi connectivity index (χ0n) is 10.7. The molecular weight excluding hydrogens is 281 g/mol. The highest BCUT2D eigenvalue weighted by molar-refractivity contribution is 6.19. The van der Waals surface area contributed by atoms with Crippen LogP contribution in [0.1, 0.15) is 12.0 Å². The first-order valence-electron chi connectivity index (χ1n) is 6.16. The maximum atomic E-state index is 13.2. The van der Waals surface area contributed by atoms with Gasteiger partial charge in [0, 0.05) is 12.1 Å². The molecular formula is C15H9F3N2O. The lowest BCUT2D eigenvalue weighted by Crippen LogP contribution is -2.20. The number of hydrazone groups is 1. The van der Waals surface area contributed by atoms with Crippen molar-refractivity contribution in [1.82, 2.24) is 0 Å². The molecule has 106 valence electrons. The molecule has 0 aromatic heterocycles. The number of carbonyl (C=O) groups excluding carboxylic acids is 1. The van der Waals surface area contributed by atoms with Crippen molar-refractivity contribution in [3.8, 4) is 0 Å². The number of amides is 1. The fourth-order valence-corrected chi connectivity index (χ4v) is 2.09. The summed E-state index contributed by atoms with van der Waals surface area (Å²) in [6.07, 6.45) is 0.0185. The van der Waals surface area contributed by atoms with Gasteiger partial charge in [0.1, 0.15) is 0 Å². The predicted octanol–water partition coefficient (Wildman–Crippen LogP) is 3.24. The van der Waals surface area contributed by atoms with Gasteiger partial charge in [0.15, 0.2) is 17.5 Å². The highest BCUT2D eigenvalue weighted by Gasteiger charge is 2.27. The number of hydrogen-bond donors (Lipinski definition) is 0. The third-order valence-corrected chi connectivity index (χ3v) is 3.10. The molecule has 2 aromatic rings. The summed E-state index contributed by atoms with van der Waals surface area (Å²) >= 11 is 0. The Labute approximate surface area is 118 Å². The van der Waals surface area contributed by atoms with Gasteiger partial charge in [-0.15, -0.1) is 0 Å². The van der Waals surface area contributed by atoms with E-state index in [1.807, 2.05) is 6.07 Å². The molecule has 1 amide bonds. The molecule has 1 aliphatic rings. The zero-order chi connectivity index (χ0) is 15.0. The van der Waals surface area contributed by atoms with E-state index in [2.05, 4.69) is 5.10 Å². The van der Waals surface area contributed by atoms with Crippen molar-refractivity contribution in [2.75, 3.05) is 5.01 Å². The largest absolute Gasteiger partial charge is 0.272 e. The Kier molecular flexibility index (Phi) is 3.21. The first-order chi connectivity index (χ1) is 10.1. The van der Waals surface area contributed by atoms with Crippen molar-refractivity contribution < 1.29 is 18.0 Å². The monoisotopic (exact) mass is 290 g/mol. The van der Waals surface area contributed by atoms with Crippen molar-refractivity contribution in [2.45, 2.75) is 6.42 Å². The van der Waals surface area contributed by atoms with Gasteiger partial charge >= 0.3 is 0 Å². The topological polar surface area (TPSA) is 32.7 Å². The van der Waals surface area contributed by atoms with Crippen LogP contribution >= 0.6 is 0 Å². The number of nitrogens with zero attached hydrogens (tertiary/aromatic N) is 2. The average molecular weight is 290 g/mol. The second-order valence-corrected chi connectivity index (χ2v) is 4.52. The van der Waals surface area contributed by atoms with Crippen molar-refractivity contribution >= 4 is 17.3 Å². The minimum atomic E-state index is -1.57. The molecule has 21 heavy (non-hydrogen) atoms. The lowest BCUT2D eigenvalue weighted by molar-refractivity contribution is -0.116. The second-order valence-electron chi connectivity index (χ2n) is 4.52. The van der Waals surface area contributed by atoms with Crippen LogP contribution < -0.4 is 5.01 Å². The van der Waals surface area contributed by atoms with Crippen LogP contribution in [0.5, 0.6) is 0 Å². The lowest BCUT2D eigenvalue weighted by atomic mass is 10.1. The summed E-state index contributed by atoms with van der Waals surface area (Å²) in [5.74, 6) is -4.72. The molecule has 1 heterocycles. The molecule has 0 fully saturated rings. The van der Waals surface area contributed by atoms with Crippen LogP contribution in [0.25, 0.3) is 0 Å². The fraction of sp³-hybridized carbons (Fsp3) is 0.0667. The van der Waals surface area contributed by atoms with E-state index in [1.54, 1.807) is 24.3 Å².